The summed E-state index contributed by atoms with van der Waals surface area (Å²) in [4.78, 5) is 8.36. The molecular weight excluding hydrogens is 160 g/mol. The molecule has 0 bridgehead atoms. The number of rotatable bonds is 2. The largest absolute Gasteiger partial charge is 0.483 e. The van der Waals surface area contributed by atoms with Gasteiger partial charge < -0.3 is 15.7 Å². The number of hydrogen-bond acceptors (Lipinski definition) is 2. The third kappa shape index (κ3) is 121. The normalized spacial score (nSPS) is 5.40. The van der Waals surface area contributed by atoms with Crippen molar-refractivity contribution < 1.29 is 20.5 Å². The lowest BCUT2D eigenvalue weighted by molar-refractivity contribution is -0.122. The Morgan fingerprint density at radius 1 is 1.50 bits per heavy atom. The summed E-state index contributed by atoms with van der Waals surface area (Å²) >= 11 is 0. The molecule has 0 unspecified atom stereocenters. The molecule has 10 heavy (non-hydrogen) atoms. The number of aliphatic hydroxyl groups is 1. The third-order valence-corrected chi connectivity index (χ3v) is 0.512. The van der Waals surface area contributed by atoms with E-state index in [0.29, 0.717) is 6.61 Å². The predicted molar refractivity (Wildman–Crippen MR) is 41.5 cm³/mol. The van der Waals surface area contributed by atoms with Crippen molar-refractivity contribution in [1.82, 2.24) is 0 Å². The van der Waals surface area contributed by atoms with E-state index < -0.39 is 0 Å². The molecule has 4 nitrogen and oxygen atoms in total. The molecule has 0 aliphatic rings. The fraction of sp³-hybridized carbons (Fsp3) is 0.800. The molecule has 0 aliphatic carbocycles. The van der Waals surface area contributed by atoms with Crippen LogP contribution in [0.15, 0.2) is 0 Å². The Labute approximate surface area is 66.6 Å². The Balaban J connectivity index is -0.0000000326. The van der Waals surface area contributed by atoms with Crippen LogP contribution in [0.1, 0.15) is 19.8 Å². The quantitative estimate of drug-likeness (QED) is 0.581. The Hall–Kier alpha value is -0.320. The lowest BCUT2D eigenvalue weighted by Crippen LogP contribution is -1.75. The van der Waals surface area contributed by atoms with E-state index in [4.69, 9.17) is 15.0 Å². The predicted octanol–water partition coefficient (Wildman–Crippen LogP) is 0.0767. The Bertz CT molecular complexity index is 40.6. The molecule has 5 heteroatoms. The van der Waals surface area contributed by atoms with E-state index in [1.807, 2.05) is 0 Å². The van der Waals surface area contributed by atoms with E-state index in [1.54, 1.807) is 0 Å². The van der Waals surface area contributed by atoms with Gasteiger partial charge in [-0.25, -0.2) is 0 Å². The second-order valence-corrected chi connectivity index (χ2v) is 1.18. The molecular formula is C5H15ClO4. The summed E-state index contributed by atoms with van der Waals surface area (Å²) in [6.45, 7) is 2.15. The van der Waals surface area contributed by atoms with Gasteiger partial charge in [0.1, 0.15) is 0 Å². The van der Waals surface area contributed by atoms with Crippen LogP contribution in [0.4, 0.5) is 0 Å². The lowest BCUT2D eigenvalue weighted by atomic mass is 10.4. The van der Waals surface area contributed by atoms with Crippen molar-refractivity contribution in [2.75, 3.05) is 6.61 Å². The van der Waals surface area contributed by atoms with Crippen molar-refractivity contribution in [1.29, 1.82) is 0 Å². The molecule has 0 aliphatic heterocycles. The molecule has 0 atom stereocenters. The standard InChI is InChI=1S/C4H10O.CH2O2.ClH.H2O/c1-2-3-4-5;2-1-3;;/h5H,2-4H2,1H3;1H,(H,2,3);1H;1H2. The van der Waals surface area contributed by atoms with Gasteiger partial charge in [-0.3, -0.25) is 4.79 Å². The molecule has 0 saturated heterocycles. The fourth-order valence-corrected chi connectivity index (χ4v) is 0.158. The minimum Gasteiger partial charge on any atom is -0.483 e. The zero-order chi connectivity index (χ0) is 6.83. The molecule has 66 valence electrons. The third-order valence-electron chi connectivity index (χ3n) is 0.512. The van der Waals surface area contributed by atoms with Gasteiger partial charge in [0.25, 0.3) is 6.47 Å². The van der Waals surface area contributed by atoms with Gasteiger partial charge in [0.15, 0.2) is 0 Å². The first kappa shape index (κ1) is 22.6. The topological polar surface area (TPSA) is 89.0 Å². The molecule has 0 fully saturated rings. The fourth-order valence-electron chi connectivity index (χ4n) is 0.158. The monoisotopic (exact) mass is 174 g/mol. The number of hydrogen-bond donors (Lipinski definition) is 2. The van der Waals surface area contributed by atoms with Crippen LogP contribution in [-0.4, -0.2) is 28.8 Å². The Kier molecular flexibility index (Phi) is 85.5. The summed E-state index contributed by atoms with van der Waals surface area (Å²) in [7, 11) is 0. The highest BCUT2D eigenvalue weighted by atomic mass is 35.5. The number of aliphatic hydroxyl groups excluding tert-OH is 1. The maximum atomic E-state index is 8.36. The van der Waals surface area contributed by atoms with E-state index in [1.165, 1.54) is 0 Å². The molecule has 0 saturated carbocycles. The lowest BCUT2D eigenvalue weighted by Gasteiger charge is -1.79. The highest BCUT2D eigenvalue weighted by molar-refractivity contribution is 5.85. The zero-order valence-electron chi connectivity index (χ0n) is 5.91. The van der Waals surface area contributed by atoms with Crippen molar-refractivity contribution in [2.24, 2.45) is 0 Å². The van der Waals surface area contributed by atoms with Crippen molar-refractivity contribution in [3.05, 3.63) is 0 Å². The second kappa shape index (κ2) is 37.8. The van der Waals surface area contributed by atoms with E-state index in [2.05, 4.69) is 6.92 Å². The van der Waals surface area contributed by atoms with Crippen LogP contribution in [-0.2, 0) is 4.79 Å². The first-order chi connectivity index (χ1) is 3.83. The number of carboxylic acid groups (broad SMARTS) is 1. The average molecular weight is 175 g/mol. The summed E-state index contributed by atoms with van der Waals surface area (Å²) in [5.74, 6) is 0. The van der Waals surface area contributed by atoms with Gasteiger partial charge in [-0.1, -0.05) is 13.3 Å². The van der Waals surface area contributed by atoms with Crippen LogP contribution >= 0.6 is 12.4 Å². The molecule has 0 aromatic heterocycles. The molecule has 4 N–H and O–H groups in total. The van der Waals surface area contributed by atoms with Crippen LogP contribution in [0.2, 0.25) is 0 Å². The van der Waals surface area contributed by atoms with Crippen LogP contribution in [0.25, 0.3) is 0 Å². The Morgan fingerprint density at radius 3 is 1.80 bits per heavy atom. The first-order valence-corrected chi connectivity index (χ1v) is 2.52. The maximum Gasteiger partial charge on any atom is 0.290 e. The molecule has 0 rings (SSSR count). The second-order valence-electron chi connectivity index (χ2n) is 1.18. The Morgan fingerprint density at radius 2 is 1.80 bits per heavy atom. The first-order valence-electron chi connectivity index (χ1n) is 2.52. The SMILES string of the molecule is CCCCO.Cl.O.O=CO. The van der Waals surface area contributed by atoms with Gasteiger partial charge in [0.05, 0.1) is 0 Å². The van der Waals surface area contributed by atoms with Crippen LogP contribution in [0.3, 0.4) is 0 Å². The summed E-state index contributed by atoms with van der Waals surface area (Å²) < 4.78 is 0. The summed E-state index contributed by atoms with van der Waals surface area (Å²) in [6.07, 6.45) is 2.04. The van der Waals surface area contributed by atoms with Crippen LogP contribution in [0, 0.1) is 0 Å². The van der Waals surface area contributed by atoms with Crippen LogP contribution in [0.5, 0.6) is 0 Å². The average Bonchev–Trinajstić information content (AvgIpc) is 1.71. The summed E-state index contributed by atoms with van der Waals surface area (Å²) in [5.41, 5.74) is 0. The van der Waals surface area contributed by atoms with Crippen molar-refractivity contribution in [3.8, 4) is 0 Å². The van der Waals surface area contributed by atoms with Gasteiger partial charge in [-0.2, -0.15) is 0 Å². The van der Waals surface area contributed by atoms with Gasteiger partial charge >= 0.3 is 0 Å². The minimum absolute atomic E-state index is 0. The molecule has 0 aromatic rings. The number of unbranched alkanes of at least 4 members (excludes halogenated alkanes) is 1. The minimum atomic E-state index is -0.250. The van der Waals surface area contributed by atoms with E-state index in [-0.39, 0.29) is 24.4 Å². The van der Waals surface area contributed by atoms with Crippen LogP contribution < -0.4 is 0 Å². The highest BCUT2D eigenvalue weighted by Gasteiger charge is 1.69. The number of halogens is 1. The molecule has 0 aromatic carbocycles. The summed E-state index contributed by atoms with van der Waals surface area (Å²) in [6, 6.07) is 0. The van der Waals surface area contributed by atoms with E-state index in [0.717, 1.165) is 12.8 Å². The van der Waals surface area contributed by atoms with Crippen molar-refractivity contribution in [3.63, 3.8) is 0 Å². The maximum absolute atomic E-state index is 8.36. The molecule has 0 radical (unpaired) electrons. The number of carbonyl (C=O) groups is 1. The van der Waals surface area contributed by atoms with Gasteiger partial charge in [-0.15, -0.1) is 12.4 Å². The molecule has 0 heterocycles. The summed E-state index contributed by atoms with van der Waals surface area (Å²) in [5, 5.41) is 15.0. The van der Waals surface area contributed by atoms with E-state index in [9.17, 15) is 0 Å². The van der Waals surface area contributed by atoms with Crippen molar-refractivity contribution >= 4 is 18.9 Å². The molecule has 0 spiro atoms. The highest BCUT2D eigenvalue weighted by Crippen LogP contribution is 1.78. The smallest absolute Gasteiger partial charge is 0.290 e. The molecule has 0 amide bonds. The van der Waals surface area contributed by atoms with Gasteiger partial charge in [0.2, 0.25) is 0 Å². The van der Waals surface area contributed by atoms with Crippen molar-refractivity contribution in [2.45, 2.75) is 19.8 Å². The van der Waals surface area contributed by atoms with Gasteiger partial charge in [-0.05, 0) is 6.42 Å². The zero-order valence-corrected chi connectivity index (χ0v) is 6.73. The van der Waals surface area contributed by atoms with Gasteiger partial charge in [0, 0.05) is 6.61 Å². The van der Waals surface area contributed by atoms with E-state index >= 15 is 0 Å².